The highest BCUT2D eigenvalue weighted by Gasteiger charge is 2.09. The summed E-state index contributed by atoms with van der Waals surface area (Å²) in [7, 11) is 0. The van der Waals surface area contributed by atoms with E-state index in [9.17, 15) is 4.79 Å². The average Bonchev–Trinajstić information content (AvgIpc) is 3.15. The van der Waals surface area contributed by atoms with Crippen LogP contribution in [-0.4, -0.2) is 45.9 Å². The number of nitrogens with one attached hydrogen (secondary N) is 1. The maximum absolute atomic E-state index is 12.0. The lowest BCUT2D eigenvalue weighted by Gasteiger charge is -2.08. The summed E-state index contributed by atoms with van der Waals surface area (Å²) < 4.78 is 11.0. The van der Waals surface area contributed by atoms with Gasteiger partial charge in [-0.15, -0.1) is 10.2 Å². The van der Waals surface area contributed by atoms with Crippen LogP contribution in [0.1, 0.15) is 12.5 Å². The number of amides is 1. The van der Waals surface area contributed by atoms with Crippen molar-refractivity contribution in [2.75, 3.05) is 19.8 Å². The summed E-state index contributed by atoms with van der Waals surface area (Å²) in [6.07, 6.45) is 0. The minimum atomic E-state index is -0.205. The predicted molar refractivity (Wildman–Crippen MR) is 104 cm³/mol. The van der Waals surface area contributed by atoms with Gasteiger partial charge in [-0.2, -0.15) is 4.80 Å². The van der Waals surface area contributed by atoms with Gasteiger partial charge < -0.3 is 14.8 Å². The maximum Gasteiger partial charge on any atom is 0.243 e. The van der Waals surface area contributed by atoms with E-state index >= 15 is 0 Å². The minimum absolute atomic E-state index is 0.00190. The molecule has 0 fully saturated rings. The first-order valence-electron chi connectivity index (χ1n) is 9.11. The molecule has 1 N–H and O–H groups in total. The highest BCUT2D eigenvalue weighted by molar-refractivity contribution is 5.75. The zero-order chi connectivity index (χ0) is 19.8. The molecule has 3 aromatic rings. The molecule has 2 aromatic carbocycles. The molecule has 0 aliphatic heterocycles. The molecule has 0 unspecified atom stereocenters. The van der Waals surface area contributed by atoms with Crippen molar-refractivity contribution >= 4 is 5.91 Å². The molecule has 3 rings (SSSR count). The van der Waals surface area contributed by atoms with E-state index in [1.807, 2.05) is 62.4 Å². The molecule has 0 bridgehead atoms. The molecule has 0 spiro atoms. The third-order valence-electron chi connectivity index (χ3n) is 3.88. The Hall–Kier alpha value is -3.42. The van der Waals surface area contributed by atoms with Crippen LogP contribution in [0.15, 0.2) is 48.5 Å². The molecular weight excluding hydrogens is 358 g/mol. The Labute approximate surface area is 163 Å². The number of benzene rings is 2. The number of nitrogens with zero attached hydrogens (tertiary/aromatic N) is 4. The molecule has 0 aliphatic carbocycles. The Bertz CT molecular complexity index is 891. The molecule has 0 saturated carbocycles. The van der Waals surface area contributed by atoms with Gasteiger partial charge in [-0.1, -0.05) is 29.8 Å². The molecule has 1 aromatic heterocycles. The Morgan fingerprint density at radius 2 is 1.71 bits per heavy atom. The SMILES string of the molecule is CCOc1ccc(OCCNC(=O)Cn2nnc(-c3ccc(C)cc3)n2)cc1. The Kier molecular flexibility index (Phi) is 6.56. The fourth-order valence-corrected chi connectivity index (χ4v) is 2.47. The van der Waals surface area contributed by atoms with Gasteiger partial charge in [-0.3, -0.25) is 4.79 Å². The summed E-state index contributed by atoms with van der Waals surface area (Å²) in [4.78, 5) is 13.3. The summed E-state index contributed by atoms with van der Waals surface area (Å²) in [5, 5.41) is 14.9. The van der Waals surface area contributed by atoms with Crippen LogP contribution in [0.2, 0.25) is 0 Å². The molecule has 0 saturated heterocycles. The molecule has 146 valence electrons. The van der Waals surface area contributed by atoms with Crippen LogP contribution >= 0.6 is 0 Å². The van der Waals surface area contributed by atoms with Gasteiger partial charge in [0.05, 0.1) is 13.2 Å². The second-order valence-electron chi connectivity index (χ2n) is 6.11. The number of carbonyl (C=O) groups is 1. The number of aryl methyl sites for hydroxylation is 1. The zero-order valence-electron chi connectivity index (χ0n) is 16.0. The van der Waals surface area contributed by atoms with E-state index in [1.54, 1.807) is 0 Å². The van der Waals surface area contributed by atoms with Crippen LogP contribution in [-0.2, 0) is 11.3 Å². The molecule has 0 aliphatic rings. The smallest absolute Gasteiger partial charge is 0.243 e. The van der Waals surface area contributed by atoms with Crippen LogP contribution in [0.4, 0.5) is 0 Å². The molecule has 0 atom stereocenters. The van der Waals surface area contributed by atoms with Crippen molar-refractivity contribution in [2.24, 2.45) is 0 Å². The average molecular weight is 381 g/mol. The first-order chi connectivity index (χ1) is 13.6. The summed E-state index contributed by atoms with van der Waals surface area (Å²) in [5.74, 6) is 1.81. The second kappa shape index (κ2) is 9.50. The highest BCUT2D eigenvalue weighted by atomic mass is 16.5. The number of aromatic nitrogens is 4. The van der Waals surface area contributed by atoms with Gasteiger partial charge in [0.25, 0.3) is 0 Å². The van der Waals surface area contributed by atoms with Crippen LogP contribution in [0.25, 0.3) is 11.4 Å². The fourth-order valence-electron chi connectivity index (χ4n) is 2.47. The van der Waals surface area contributed by atoms with E-state index in [0.29, 0.717) is 25.6 Å². The fraction of sp³-hybridized carbons (Fsp3) is 0.300. The predicted octanol–water partition coefficient (Wildman–Crippen LogP) is 2.24. The first kappa shape index (κ1) is 19.3. The van der Waals surface area contributed by atoms with E-state index in [-0.39, 0.29) is 12.5 Å². The van der Waals surface area contributed by atoms with Crippen LogP contribution in [0.3, 0.4) is 0 Å². The van der Waals surface area contributed by atoms with Crippen LogP contribution in [0.5, 0.6) is 11.5 Å². The second-order valence-corrected chi connectivity index (χ2v) is 6.11. The topological polar surface area (TPSA) is 91.2 Å². The normalized spacial score (nSPS) is 10.5. The van der Waals surface area contributed by atoms with Gasteiger partial charge >= 0.3 is 0 Å². The number of hydrogen-bond acceptors (Lipinski definition) is 6. The lowest BCUT2D eigenvalue weighted by molar-refractivity contribution is -0.122. The Morgan fingerprint density at radius 1 is 1.04 bits per heavy atom. The monoisotopic (exact) mass is 381 g/mol. The molecular formula is C20H23N5O3. The number of ether oxygens (including phenoxy) is 2. The summed E-state index contributed by atoms with van der Waals surface area (Å²) in [5.41, 5.74) is 2.02. The van der Waals surface area contributed by atoms with Crippen molar-refractivity contribution in [3.63, 3.8) is 0 Å². The summed E-state index contributed by atoms with van der Waals surface area (Å²) in [6, 6.07) is 15.2. The number of tetrazole rings is 1. The number of carbonyl (C=O) groups excluding carboxylic acids is 1. The lowest BCUT2D eigenvalue weighted by atomic mass is 10.1. The zero-order valence-corrected chi connectivity index (χ0v) is 16.0. The summed E-state index contributed by atoms with van der Waals surface area (Å²) >= 11 is 0. The largest absolute Gasteiger partial charge is 0.494 e. The van der Waals surface area contributed by atoms with Crippen molar-refractivity contribution in [3.8, 4) is 22.9 Å². The third kappa shape index (κ3) is 5.54. The van der Waals surface area contributed by atoms with Crippen LogP contribution < -0.4 is 14.8 Å². The van der Waals surface area contributed by atoms with Crippen molar-refractivity contribution in [2.45, 2.75) is 20.4 Å². The molecule has 28 heavy (non-hydrogen) atoms. The van der Waals surface area contributed by atoms with Gasteiger partial charge in [0.2, 0.25) is 11.7 Å². The third-order valence-corrected chi connectivity index (χ3v) is 3.88. The van der Waals surface area contributed by atoms with E-state index in [2.05, 4.69) is 20.7 Å². The van der Waals surface area contributed by atoms with Gasteiger partial charge in [-0.25, -0.2) is 0 Å². The molecule has 8 heteroatoms. The number of rotatable bonds is 9. The minimum Gasteiger partial charge on any atom is -0.494 e. The molecule has 1 amide bonds. The maximum atomic E-state index is 12.0. The standard InChI is InChI=1S/C20H23N5O3/c1-3-27-17-8-10-18(11-9-17)28-13-12-21-19(26)14-25-23-20(22-24-25)16-6-4-15(2)5-7-16/h4-11H,3,12-14H2,1-2H3,(H,21,26). The Morgan fingerprint density at radius 3 is 2.39 bits per heavy atom. The van der Waals surface area contributed by atoms with Crippen molar-refractivity contribution in [1.29, 1.82) is 0 Å². The molecule has 8 nitrogen and oxygen atoms in total. The van der Waals surface area contributed by atoms with E-state index in [1.165, 1.54) is 4.80 Å². The Balaban J connectivity index is 1.40. The summed E-state index contributed by atoms with van der Waals surface area (Å²) in [6.45, 7) is 5.31. The van der Waals surface area contributed by atoms with Crippen molar-refractivity contribution in [1.82, 2.24) is 25.5 Å². The van der Waals surface area contributed by atoms with Gasteiger partial charge in [-0.05, 0) is 43.3 Å². The molecule has 1 heterocycles. The van der Waals surface area contributed by atoms with Crippen molar-refractivity contribution in [3.05, 3.63) is 54.1 Å². The van der Waals surface area contributed by atoms with E-state index < -0.39 is 0 Å². The molecule has 0 radical (unpaired) electrons. The van der Waals surface area contributed by atoms with Gasteiger partial charge in [0, 0.05) is 5.56 Å². The van der Waals surface area contributed by atoms with Gasteiger partial charge in [0.15, 0.2) is 0 Å². The first-order valence-corrected chi connectivity index (χ1v) is 9.11. The van der Waals surface area contributed by atoms with Gasteiger partial charge in [0.1, 0.15) is 24.7 Å². The lowest BCUT2D eigenvalue weighted by Crippen LogP contribution is -2.31. The van der Waals surface area contributed by atoms with Crippen molar-refractivity contribution < 1.29 is 14.3 Å². The number of hydrogen-bond donors (Lipinski definition) is 1. The van der Waals surface area contributed by atoms with Crippen LogP contribution in [0, 0.1) is 6.92 Å². The quantitative estimate of drug-likeness (QED) is 0.572. The van der Waals surface area contributed by atoms with E-state index in [4.69, 9.17) is 9.47 Å². The highest BCUT2D eigenvalue weighted by Crippen LogP contribution is 2.17. The van der Waals surface area contributed by atoms with E-state index in [0.717, 1.165) is 22.6 Å².